The molecule has 0 bridgehead atoms. The molecule has 1 aromatic heterocycles. The van der Waals surface area contributed by atoms with Gasteiger partial charge < -0.3 is 15.1 Å². The van der Waals surface area contributed by atoms with E-state index in [9.17, 15) is 4.79 Å². The average Bonchev–Trinajstić information content (AvgIpc) is 2.69. The Balaban J connectivity index is 1.61. The number of carbonyl (C=O) groups excluding carboxylic acids is 1. The van der Waals surface area contributed by atoms with Crippen LogP contribution in [-0.2, 0) is 4.79 Å². The fourth-order valence-corrected chi connectivity index (χ4v) is 3.13. The van der Waals surface area contributed by atoms with Gasteiger partial charge in [-0.1, -0.05) is 13.0 Å². The van der Waals surface area contributed by atoms with E-state index in [0.29, 0.717) is 0 Å². The number of aromatic nitrogens is 1. The minimum atomic E-state index is -0.138. The number of hydrogen-bond donors (Lipinski definition) is 1. The van der Waals surface area contributed by atoms with E-state index in [0.717, 1.165) is 49.5 Å². The Morgan fingerprint density at radius 1 is 1.23 bits per heavy atom. The summed E-state index contributed by atoms with van der Waals surface area (Å²) < 4.78 is 0. The summed E-state index contributed by atoms with van der Waals surface area (Å²) in [5.74, 6) is -0.138. The molecule has 0 spiro atoms. The van der Waals surface area contributed by atoms with Crippen molar-refractivity contribution in [3.63, 3.8) is 0 Å². The van der Waals surface area contributed by atoms with Crippen molar-refractivity contribution in [3.05, 3.63) is 59.9 Å². The Morgan fingerprint density at radius 3 is 2.69 bits per heavy atom. The molecule has 26 heavy (non-hydrogen) atoms. The third kappa shape index (κ3) is 4.70. The number of hydrogen-bond acceptors (Lipinski definition) is 4. The number of anilines is 2. The normalized spacial score (nSPS) is 15.4. The number of rotatable bonds is 5. The molecule has 0 radical (unpaired) electrons. The van der Waals surface area contributed by atoms with Gasteiger partial charge in [0.1, 0.15) is 0 Å². The summed E-state index contributed by atoms with van der Waals surface area (Å²) in [5, 5.41) is 2.95. The van der Waals surface area contributed by atoms with E-state index >= 15 is 0 Å². The first-order valence-corrected chi connectivity index (χ1v) is 9.13. The maximum atomic E-state index is 12.2. The first-order valence-electron chi connectivity index (χ1n) is 9.13. The summed E-state index contributed by atoms with van der Waals surface area (Å²) in [6.07, 6.45) is 6.74. The molecule has 0 saturated carbocycles. The molecule has 5 nitrogen and oxygen atoms in total. The van der Waals surface area contributed by atoms with E-state index in [1.54, 1.807) is 18.5 Å². The van der Waals surface area contributed by atoms with Gasteiger partial charge in [0.25, 0.3) is 0 Å². The summed E-state index contributed by atoms with van der Waals surface area (Å²) in [4.78, 5) is 21.1. The largest absolute Gasteiger partial charge is 0.369 e. The first kappa shape index (κ1) is 18.1. The average molecular weight is 350 g/mol. The van der Waals surface area contributed by atoms with Crippen molar-refractivity contribution >= 4 is 23.4 Å². The minimum absolute atomic E-state index is 0.138. The van der Waals surface area contributed by atoms with Crippen molar-refractivity contribution in [2.75, 3.05) is 42.9 Å². The maximum absolute atomic E-state index is 12.2. The zero-order valence-electron chi connectivity index (χ0n) is 15.5. The molecule has 5 heteroatoms. The molecular weight excluding hydrogens is 324 g/mol. The molecule has 2 aromatic rings. The number of aryl methyl sites for hydroxylation is 1. The van der Waals surface area contributed by atoms with E-state index in [4.69, 9.17) is 0 Å². The van der Waals surface area contributed by atoms with Crippen LogP contribution in [0.4, 0.5) is 11.4 Å². The highest BCUT2D eigenvalue weighted by Crippen LogP contribution is 2.23. The second kappa shape index (κ2) is 8.63. The molecule has 136 valence electrons. The van der Waals surface area contributed by atoms with Crippen LogP contribution in [0.1, 0.15) is 18.1 Å². The number of nitrogens with zero attached hydrogens (tertiary/aromatic N) is 3. The monoisotopic (exact) mass is 350 g/mol. The van der Waals surface area contributed by atoms with Crippen LogP contribution in [0.2, 0.25) is 0 Å². The number of nitrogens with one attached hydrogen (secondary N) is 1. The standard InChI is InChI=1S/C21H26N4O/c1-3-24-11-13-25(14-12-24)19-7-8-20(17(2)15-19)23-21(26)9-6-18-5-4-10-22-16-18/h4-10,15-16H,3,11-14H2,1-2H3,(H,23,26)/b9-6+. The molecule has 1 fully saturated rings. The van der Waals surface area contributed by atoms with Crippen molar-refractivity contribution < 1.29 is 4.79 Å². The molecule has 3 rings (SSSR count). The Bertz CT molecular complexity index is 765. The van der Waals surface area contributed by atoms with Crippen LogP contribution in [0.3, 0.4) is 0 Å². The zero-order chi connectivity index (χ0) is 18.4. The van der Waals surface area contributed by atoms with Crippen LogP contribution < -0.4 is 10.2 Å². The summed E-state index contributed by atoms with van der Waals surface area (Å²) in [6, 6.07) is 10.00. The number of pyridine rings is 1. The van der Waals surface area contributed by atoms with Gasteiger partial charge in [-0.2, -0.15) is 0 Å². The summed E-state index contributed by atoms with van der Waals surface area (Å²) >= 11 is 0. The van der Waals surface area contributed by atoms with Crippen LogP contribution in [-0.4, -0.2) is 48.5 Å². The number of amides is 1. The lowest BCUT2D eigenvalue weighted by atomic mass is 10.1. The van der Waals surface area contributed by atoms with Gasteiger partial charge >= 0.3 is 0 Å². The van der Waals surface area contributed by atoms with Crippen molar-refractivity contribution in [1.29, 1.82) is 0 Å². The lowest BCUT2D eigenvalue weighted by molar-refractivity contribution is -0.111. The molecule has 1 aromatic carbocycles. The van der Waals surface area contributed by atoms with Gasteiger partial charge in [-0.3, -0.25) is 9.78 Å². The molecule has 1 saturated heterocycles. The summed E-state index contributed by atoms with van der Waals surface area (Å²) in [7, 11) is 0. The Hall–Kier alpha value is -2.66. The Kier molecular flexibility index (Phi) is 6.02. The lowest BCUT2D eigenvalue weighted by Crippen LogP contribution is -2.46. The fourth-order valence-electron chi connectivity index (χ4n) is 3.13. The molecule has 1 N–H and O–H groups in total. The SMILES string of the molecule is CCN1CCN(c2ccc(NC(=O)/C=C/c3cccnc3)c(C)c2)CC1. The smallest absolute Gasteiger partial charge is 0.248 e. The summed E-state index contributed by atoms with van der Waals surface area (Å²) in [5.41, 5.74) is 4.05. The lowest BCUT2D eigenvalue weighted by Gasteiger charge is -2.35. The van der Waals surface area contributed by atoms with Gasteiger partial charge in [-0.15, -0.1) is 0 Å². The van der Waals surface area contributed by atoms with Gasteiger partial charge in [0.15, 0.2) is 0 Å². The van der Waals surface area contributed by atoms with Crippen molar-refractivity contribution in [2.45, 2.75) is 13.8 Å². The molecule has 0 unspecified atom stereocenters. The molecule has 0 atom stereocenters. The topological polar surface area (TPSA) is 48.5 Å². The van der Waals surface area contributed by atoms with E-state index in [-0.39, 0.29) is 5.91 Å². The van der Waals surface area contributed by atoms with Crippen molar-refractivity contribution in [1.82, 2.24) is 9.88 Å². The zero-order valence-corrected chi connectivity index (χ0v) is 15.5. The third-order valence-corrected chi connectivity index (χ3v) is 4.76. The van der Waals surface area contributed by atoms with Crippen molar-refractivity contribution in [2.24, 2.45) is 0 Å². The molecule has 0 aliphatic carbocycles. The van der Waals surface area contributed by atoms with Crippen LogP contribution >= 0.6 is 0 Å². The van der Waals surface area contributed by atoms with Gasteiger partial charge in [0, 0.05) is 56.0 Å². The number of piperazine rings is 1. The second-order valence-corrected chi connectivity index (χ2v) is 6.53. The van der Waals surface area contributed by atoms with Gasteiger partial charge in [0.05, 0.1) is 0 Å². The molecule has 1 aliphatic heterocycles. The molecule has 2 heterocycles. The highest BCUT2D eigenvalue weighted by atomic mass is 16.1. The van der Waals surface area contributed by atoms with E-state index < -0.39 is 0 Å². The number of benzene rings is 1. The maximum Gasteiger partial charge on any atom is 0.248 e. The van der Waals surface area contributed by atoms with E-state index in [2.05, 4.69) is 39.2 Å². The first-order chi connectivity index (χ1) is 12.7. The predicted octanol–water partition coefficient (Wildman–Crippen LogP) is 3.18. The quantitative estimate of drug-likeness (QED) is 0.842. The van der Waals surface area contributed by atoms with E-state index in [1.165, 1.54) is 11.8 Å². The highest BCUT2D eigenvalue weighted by molar-refractivity contribution is 6.02. The summed E-state index contributed by atoms with van der Waals surface area (Å²) in [6.45, 7) is 9.66. The number of carbonyl (C=O) groups is 1. The Morgan fingerprint density at radius 2 is 2.04 bits per heavy atom. The van der Waals surface area contributed by atoms with Crippen LogP contribution in [0, 0.1) is 6.92 Å². The third-order valence-electron chi connectivity index (χ3n) is 4.76. The fraction of sp³-hybridized carbons (Fsp3) is 0.333. The number of likely N-dealkylation sites (N-methyl/N-ethyl adjacent to an activating group) is 1. The predicted molar refractivity (Wildman–Crippen MR) is 107 cm³/mol. The van der Waals surface area contributed by atoms with Crippen LogP contribution in [0.15, 0.2) is 48.8 Å². The highest BCUT2D eigenvalue weighted by Gasteiger charge is 2.16. The Labute approximate surface area is 155 Å². The second-order valence-electron chi connectivity index (χ2n) is 6.53. The van der Waals surface area contributed by atoms with Gasteiger partial charge in [-0.05, 0) is 54.9 Å². The van der Waals surface area contributed by atoms with Crippen LogP contribution in [0.5, 0.6) is 0 Å². The van der Waals surface area contributed by atoms with Gasteiger partial charge in [-0.25, -0.2) is 0 Å². The van der Waals surface area contributed by atoms with Crippen LogP contribution in [0.25, 0.3) is 6.08 Å². The van der Waals surface area contributed by atoms with E-state index in [1.807, 2.05) is 25.1 Å². The van der Waals surface area contributed by atoms with Crippen molar-refractivity contribution in [3.8, 4) is 0 Å². The molecule has 1 aliphatic rings. The molecule has 1 amide bonds. The van der Waals surface area contributed by atoms with Gasteiger partial charge in [0.2, 0.25) is 5.91 Å². The molecular formula is C21H26N4O. The minimum Gasteiger partial charge on any atom is -0.369 e.